The van der Waals surface area contributed by atoms with Gasteiger partial charge in [0.2, 0.25) is 0 Å². The lowest BCUT2D eigenvalue weighted by Gasteiger charge is -2.02. The minimum absolute atomic E-state index is 0.713. The summed E-state index contributed by atoms with van der Waals surface area (Å²) < 4.78 is 7.82. The standard InChI is InChI=1S/C14H19NO/c1-4-15-9-12(10-16-5-2)14-11(3)7-6-8-13(14)15/h6-9H,4-5,10H2,1-3H3. The number of benzene rings is 1. The zero-order valence-corrected chi connectivity index (χ0v) is 10.3. The lowest BCUT2D eigenvalue weighted by molar-refractivity contribution is 0.135. The van der Waals surface area contributed by atoms with Crippen LogP contribution in [0.1, 0.15) is 25.0 Å². The summed E-state index contributed by atoms with van der Waals surface area (Å²) >= 11 is 0. The van der Waals surface area contributed by atoms with Crippen molar-refractivity contribution in [1.29, 1.82) is 0 Å². The van der Waals surface area contributed by atoms with E-state index in [1.807, 2.05) is 6.92 Å². The van der Waals surface area contributed by atoms with Gasteiger partial charge in [-0.2, -0.15) is 0 Å². The van der Waals surface area contributed by atoms with Crippen LogP contribution in [-0.2, 0) is 17.9 Å². The highest BCUT2D eigenvalue weighted by atomic mass is 16.5. The van der Waals surface area contributed by atoms with E-state index < -0.39 is 0 Å². The highest BCUT2D eigenvalue weighted by Gasteiger charge is 2.09. The fraction of sp³-hybridized carbons (Fsp3) is 0.429. The highest BCUT2D eigenvalue weighted by Crippen LogP contribution is 2.25. The van der Waals surface area contributed by atoms with Crippen molar-refractivity contribution in [2.24, 2.45) is 0 Å². The van der Waals surface area contributed by atoms with Crippen LogP contribution < -0.4 is 0 Å². The number of hydrogen-bond donors (Lipinski definition) is 0. The predicted octanol–water partition coefficient (Wildman–Crippen LogP) is 3.51. The molecule has 0 atom stereocenters. The van der Waals surface area contributed by atoms with Crippen LogP contribution in [0.5, 0.6) is 0 Å². The first-order valence-corrected chi connectivity index (χ1v) is 5.93. The molecule has 0 aliphatic carbocycles. The van der Waals surface area contributed by atoms with Crippen molar-refractivity contribution >= 4 is 10.9 Å². The average molecular weight is 217 g/mol. The molecule has 0 aliphatic rings. The van der Waals surface area contributed by atoms with Gasteiger partial charge in [-0.15, -0.1) is 0 Å². The van der Waals surface area contributed by atoms with Crippen molar-refractivity contribution in [1.82, 2.24) is 4.57 Å². The smallest absolute Gasteiger partial charge is 0.0737 e. The minimum Gasteiger partial charge on any atom is -0.377 e. The SMILES string of the molecule is CCOCc1cn(CC)c2cccc(C)c12. The molecular weight excluding hydrogens is 198 g/mol. The van der Waals surface area contributed by atoms with Gasteiger partial charge in [-0.1, -0.05) is 12.1 Å². The van der Waals surface area contributed by atoms with E-state index in [0.29, 0.717) is 6.61 Å². The Balaban J connectivity index is 2.55. The average Bonchev–Trinajstić information content (AvgIpc) is 2.66. The van der Waals surface area contributed by atoms with Gasteiger partial charge in [-0.05, 0) is 32.4 Å². The summed E-state index contributed by atoms with van der Waals surface area (Å²) in [5.74, 6) is 0. The molecule has 86 valence electrons. The monoisotopic (exact) mass is 217 g/mol. The van der Waals surface area contributed by atoms with Gasteiger partial charge < -0.3 is 9.30 Å². The largest absolute Gasteiger partial charge is 0.377 e. The highest BCUT2D eigenvalue weighted by molar-refractivity contribution is 5.87. The normalized spacial score (nSPS) is 11.2. The van der Waals surface area contributed by atoms with Crippen molar-refractivity contribution in [3.8, 4) is 0 Å². The summed E-state index contributed by atoms with van der Waals surface area (Å²) in [6, 6.07) is 6.47. The van der Waals surface area contributed by atoms with Gasteiger partial charge in [0.25, 0.3) is 0 Å². The molecule has 2 heteroatoms. The van der Waals surface area contributed by atoms with E-state index in [1.165, 1.54) is 22.0 Å². The molecule has 0 fully saturated rings. The number of fused-ring (bicyclic) bond motifs is 1. The third-order valence-electron chi connectivity index (χ3n) is 3.00. The maximum atomic E-state index is 5.53. The molecule has 2 rings (SSSR count). The second-order valence-corrected chi connectivity index (χ2v) is 4.05. The molecule has 16 heavy (non-hydrogen) atoms. The summed E-state index contributed by atoms with van der Waals surface area (Å²) in [7, 11) is 0. The number of rotatable bonds is 4. The molecule has 0 spiro atoms. The van der Waals surface area contributed by atoms with Crippen molar-refractivity contribution < 1.29 is 4.74 Å². The number of aryl methyl sites for hydroxylation is 2. The van der Waals surface area contributed by atoms with Crippen LogP contribution >= 0.6 is 0 Å². The van der Waals surface area contributed by atoms with Gasteiger partial charge in [-0.25, -0.2) is 0 Å². The first-order chi connectivity index (χ1) is 7.77. The van der Waals surface area contributed by atoms with Crippen LogP contribution in [0.2, 0.25) is 0 Å². The summed E-state index contributed by atoms with van der Waals surface area (Å²) in [5.41, 5.74) is 3.95. The van der Waals surface area contributed by atoms with E-state index in [2.05, 4.69) is 42.8 Å². The Kier molecular flexibility index (Phi) is 3.30. The third kappa shape index (κ3) is 1.85. The first-order valence-electron chi connectivity index (χ1n) is 5.93. The van der Waals surface area contributed by atoms with E-state index in [1.54, 1.807) is 0 Å². The van der Waals surface area contributed by atoms with Crippen LogP contribution in [0.4, 0.5) is 0 Å². The predicted molar refractivity (Wildman–Crippen MR) is 67.7 cm³/mol. The van der Waals surface area contributed by atoms with E-state index >= 15 is 0 Å². The molecule has 1 heterocycles. The molecule has 0 N–H and O–H groups in total. The quantitative estimate of drug-likeness (QED) is 0.764. The molecule has 1 aromatic heterocycles. The fourth-order valence-electron chi connectivity index (χ4n) is 2.21. The minimum atomic E-state index is 0.713. The molecule has 0 saturated carbocycles. The maximum absolute atomic E-state index is 5.53. The molecule has 0 unspecified atom stereocenters. The van der Waals surface area contributed by atoms with Crippen LogP contribution in [-0.4, -0.2) is 11.2 Å². The molecule has 2 nitrogen and oxygen atoms in total. The van der Waals surface area contributed by atoms with Crippen LogP contribution in [0.15, 0.2) is 24.4 Å². The molecule has 0 amide bonds. The van der Waals surface area contributed by atoms with E-state index in [4.69, 9.17) is 4.74 Å². The van der Waals surface area contributed by atoms with Crippen molar-refractivity contribution in [2.75, 3.05) is 6.61 Å². The Bertz CT molecular complexity index is 485. The molecule has 1 aromatic carbocycles. The Morgan fingerprint density at radius 1 is 1.25 bits per heavy atom. The summed E-state index contributed by atoms with van der Waals surface area (Å²) in [6.45, 7) is 8.86. The lowest BCUT2D eigenvalue weighted by Crippen LogP contribution is -1.92. The Morgan fingerprint density at radius 2 is 2.06 bits per heavy atom. The zero-order chi connectivity index (χ0) is 11.5. The van der Waals surface area contributed by atoms with Gasteiger partial charge in [0.05, 0.1) is 6.61 Å². The van der Waals surface area contributed by atoms with E-state index in [0.717, 1.165) is 13.2 Å². The Hall–Kier alpha value is -1.28. The number of hydrogen-bond acceptors (Lipinski definition) is 1. The fourth-order valence-corrected chi connectivity index (χ4v) is 2.21. The molecular formula is C14H19NO. The van der Waals surface area contributed by atoms with Gasteiger partial charge in [0.1, 0.15) is 0 Å². The number of aromatic nitrogens is 1. The topological polar surface area (TPSA) is 14.2 Å². The Morgan fingerprint density at radius 3 is 2.75 bits per heavy atom. The van der Waals surface area contributed by atoms with Crippen LogP contribution in [0.25, 0.3) is 10.9 Å². The second kappa shape index (κ2) is 4.71. The number of ether oxygens (including phenoxy) is 1. The summed E-state index contributed by atoms with van der Waals surface area (Å²) in [5, 5.41) is 1.36. The van der Waals surface area contributed by atoms with E-state index in [-0.39, 0.29) is 0 Å². The molecule has 0 bridgehead atoms. The molecule has 0 aliphatic heterocycles. The zero-order valence-electron chi connectivity index (χ0n) is 10.3. The number of nitrogens with zero attached hydrogens (tertiary/aromatic N) is 1. The summed E-state index contributed by atoms with van der Waals surface area (Å²) in [6.07, 6.45) is 2.22. The van der Waals surface area contributed by atoms with Gasteiger partial charge in [-0.3, -0.25) is 0 Å². The van der Waals surface area contributed by atoms with Crippen LogP contribution in [0, 0.1) is 6.92 Å². The summed E-state index contributed by atoms with van der Waals surface area (Å²) in [4.78, 5) is 0. The third-order valence-corrected chi connectivity index (χ3v) is 3.00. The first kappa shape index (κ1) is 11.2. The Labute approximate surface area is 96.8 Å². The molecule has 2 aromatic rings. The van der Waals surface area contributed by atoms with Gasteiger partial charge >= 0.3 is 0 Å². The molecule has 0 radical (unpaired) electrons. The van der Waals surface area contributed by atoms with Crippen molar-refractivity contribution in [3.05, 3.63) is 35.5 Å². The molecule has 0 saturated heterocycles. The second-order valence-electron chi connectivity index (χ2n) is 4.05. The van der Waals surface area contributed by atoms with Crippen molar-refractivity contribution in [2.45, 2.75) is 33.9 Å². The lowest BCUT2D eigenvalue weighted by atomic mass is 10.1. The van der Waals surface area contributed by atoms with Crippen LogP contribution in [0.3, 0.4) is 0 Å². The van der Waals surface area contributed by atoms with E-state index in [9.17, 15) is 0 Å². The maximum Gasteiger partial charge on any atom is 0.0737 e. The van der Waals surface area contributed by atoms with Gasteiger partial charge in [0.15, 0.2) is 0 Å². The van der Waals surface area contributed by atoms with Crippen molar-refractivity contribution in [3.63, 3.8) is 0 Å². The van der Waals surface area contributed by atoms with Gasteiger partial charge in [0, 0.05) is 35.8 Å².